The number of hydrogen-bond donors (Lipinski definition) is 1. The van der Waals surface area contributed by atoms with Crippen LogP contribution in [0.2, 0.25) is 0 Å². The summed E-state index contributed by atoms with van der Waals surface area (Å²) in [5.41, 5.74) is 0. The van der Waals surface area contributed by atoms with Gasteiger partial charge < -0.3 is 15.1 Å². The van der Waals surface area contributed by atoms with E-state index in [1.807, 2.05) is 0 Å². The predicted octanol–water partition coefficient (Wildman–Crippen LogP) is 1.95. The molecule has 1 amide bonds. The van der Waals surface area contributed by atoms with Gasteiger partial charge in [0.05, 0.1) is 6.04 Å². The lowest BCUT2D eigenvalue weighted by Crippen LogP contribution is -2.54. The molecule has 2 rings (SSSR count). The second kappa shape index (κ2) is 8.14. The van der Waals surface area contributed by atoms with E-state index < -0.39 is 0 Å². The van der Waals surface area contributed by atoms with Crippen LogP contribution in [0.5, 0.6) is 0 Å². The first-order valence-corrected chi connectivity index (χ1v) is 8.90. The minimum Gasteiger partial charge on any atom is -0.341 e. The first kappa shape index (κ1) is 16.8. The third-order valence-electron chi connectivity index (χ3n) is 5.37. The molecule has 0 aromatic heterocycles. The molecule has 122 valence electrons. The molecular weight excluding hydrogens is 262 g/mol. The molecule has 2 fully saturated rings. The lowest BCUT2D eigenvalue weighted by atomic mass is 9.90. The first-order chi connectivity index (χ1) is 10.2. The van der Waals surface area contributed by atoms with Crippen molar-refractivity contribution in [2.24, 2.45) is 11.8 Å². The van der Waals surface area contributed by atoms with Crippen LogP contribution in [-0.2, 0) is 4.79 Å². The van der Waals surface area contributed by atoms with Crippen LogP contribution in [-0.4, -0.2) is 61.0 Å². The molecule has 4 nitrogen and oxygen atoms in total. The second-order valence-electron chi connectivity index (χ2n) is 6.81. The Kier molecular flexibility index (Phi) is 6.49. The summed E-state index contributed by atoms with van der Waals surface area (Å²) in [6, 6.07) is 0.0677. The van der Waals surface area contributed by atoms with E-state index >= 15 is 0 Å². The maximum atomic E-state index is 12.7. The van der Waals surface area contributed by atoms with Crippen LogP contribution in [0.15, 0.2) is 0 Å². The highest BCUT2D eigenvalue weighted by Crippen LogP contribution is 2.22. The summed E-state index contributed by atoms with van der Waals surface area (Å²) in [4.78, 5) is 17.3. The average Bonchev–Trinajstić information content (AvgIpc) is 2.53. The molecule has 2 heterocycles. The van der Waals surface area contributed by atoms with Crippen molar-refractivity contribution in [2.75, 3.05) is 39.3 Å². The Labute approximate surface area is 130 Å². The SMILES string of the molecule is CCN(CC)CC1CCN(C(=O)C2NCCCC2C)CC1. The van der Waals surface area contributed by atoms with E-state index in [-0.39, 0.29) is 6.04 Å². The third-order valence-corrected chi connectivity index (χ3v) is 5.37. The zero-order valence-corrected chi connectivity index (χ0v) is 14.1. The number of carbonyl (C=O) groups excluding carboxylic acids is 1. The fraction of sp³-hybridized carbons (Fsp3) is 0.941. The average molecular weight is 295 g/mol. The molecule has 0 spiro atoms. The Hall–Kier alpha value is -0.610. The van der Waals surface area contributed by atoms with Crippen LogP contribution >= 0.6 is 0 Å². The molecule has 0 aromatic carbocycles. The van der Waals surface area contributed by atoms with E-state index in [1.165, 1.54) is 32.2 Å². The van der Waals surface area contributed by atoms with Gasteiger partial charge in [-0.3, -0.25) is 4.79 Å². The van der Waals surface area contributed by atoms with E-state index in [1.54, 1.807) is 0 Å². The highest BCUT2D eigenvalue weighted by Gasteiger charge is 2.32. The number of hydrogen-bond acceptors (Lipinski definition) is 3. The van der Waals surface area contributed by atoms with Gasteiger partial charge in [0, 0.05) is 19.6 Å². The van der Waals surface area contributed by atoms with Gasteiger partial charge in [-0.1, -0.05) is 20.8 Å². The quantitative estimate of drug-likeness (QED) is 0.842. The second-order valence-corrected chi connectivity index (χ2v) is 6.81. The molecule has 2 saturated heterocycles. The van der Waals surface area contributed by atoms with E-state index in [4.69, 9.17) is 0 Å². The Morgan fingerprint density at radius 1 is 1.19 bits per heavy atom. The molecule has 1 N–H and O–H groups in total. The summed E-state index contributed by atoms with van der Waals surface area (Å²) in [7, 11) is 0. The fourth-order valence-electron chi connectivity index (χ4n) is 3.76. The Morgan fingerprint density at radius 3 is 2.43 bits per heavy atom. The molecule has 0 aliphatic carbocycles. The maximum Gasteiger partial charge on any atom is 0.239 e. The van der Waals surface area contributed by atoms with Crippen molar-refractivity contribution in [3.8, 4) is 0 Å². The number of nitrogens with zero attached hydrogens (tertiary/aromatic N) is 2. The molecule has 2 unspecified atom stereocenters. The van der Waals surface area contributed by atoms with Crippen molar-refractivity contribution in [1.82, 2.24) is 15.1 Å². The van der Waals surface area contributed by atoms with Crippen molar-refractivity contribution in [2.45, 2.75) is 52.5 Å². The molecule has 0 radical (unpaired) electrons. The summed E-state index contributed by atoms with van der Waals surface area (Å²) in [5, 5.41) is 3.43. The molecule has 0 aromatic rings. The summed E-state index contributed by atoms with van der Waals surface area (Å²) in [6.45, 7) is 13.1. The molecule has 2 aliphatic rings. The fourth-order valence-corrected chi connectivity index (χ4v) is 3.76. The lowest BCUT2D eigenvalue weighted by molar-refractivity contribution is -0.136. The number of rotatable bonds is 5. The molecule has 2 atom stereocenters. The smallest absolute Gasteiger partial charge is 0.239 e. The van der Waals surface area contributed by atoms with Crippen LogP contribution in [0.25, 0.3) is 0 Å². The monoisotopic (exact) mass is 295 g/mol. The summed E-state index contributed by atoms with van der Waals surface area (Å²) in [5.74, 6) is 1.61. The Balaban J connectivity index is 1.79. The van der Waals surface area contributed by atoms with Gasteiger partial charge in [-0.2, -0.15) is 0 Å². The van der Waals surface area contributed by atoms with Crippen LogP contribution in [0, 0.1) is 11.8 Å². The van der Waals surface area contributed by atoms with Gasteiger partial charge >= 0.3 is 0 Å². The summed E-state index contributed by atoms with van der Waals surface area (Å²) >= 11 is 0. The van der Waals surface area contributed by atoms with Crippen molar-refractivity contribution < 1.29 is 4.79 Å². The zero-order valence-electron chi connectivity index (χ0n) is 14.1. The standard InChI is InChI=1S/C17H33N3O/c1-4-19(5-2)13-15-8-11-20(12-9-15)17(21)16-14(3)7-6-10-18-16/h14-16,18H,4-13H2,1-3H3. The normalized spacial score (nSPS) is 28.1. The van der Waals surface area contributed by atoms with Crippen LogP contribution in [0.4, 0.5) is 0 Å². The van der Waals surface area contributed by atoms with Gasteiger partial charge in [-0.05, 0) is 57.2 Å². The first-order valence-electron chi connectivity index (χ1n) is 8.90. The van der Waals surface area contributed by atoms with Gasteiger partial charge in [0.1, 0.15) is 0 Å². The minimum absolute atomic E-state index is 0.0677. The number of nitrogens with one attached hydrogen (secondary N) is 1. The van der Waals surface area contributed by atoms with E-state index in [0.29, 0.717) is 11.8 Å². The predicted molar refractivity (Wildman–Crippen MR) is 87.3 cm³/mol. The zero-order chi connectivity index (χ0) is 15.2. The van der Waals surface area contributed by atoms with Crippen molar-refractivity contribution in [3.63, 3.8) is 0 Å². The molecular formula is C17H33N3O. The van der Waals surface area contributed by atoms with Crippen molar-refractivity contribution >= 4 is 5.91 Å². The van der Waals surface area contributed by atoms with E-state index in [2.05, 4.69) is 35.9 Å². The van der Waals surface area contributed by atoms with Gasteiger partial charge in [-0.25, -0.2) is 0 Å². The highest BCUT2D eigenvalue weighted by atomic mass is 16.2. The van der Waals surface area contributed by atoms with E-state index in [9.17, 15) is 4.79 Å². The molecule has 21 heavy (non-hydrogen) atoms. The number of piperidine rings is 2. The molecule has 4 heteroatoms. The van der Waals surface area contributed by atoms with Gasteiger partial charge in [-0.15, -0.1) is 0 Å². The molecule has 0 saturated carbocycles. The summed E-state index contributed by atoms with van der Waals surface area (Å²) < 4.78 is 0. The van der Waals surface area contributed by atoms with Crippen LogP contribution in [0.3, 0.4) is 0 Å². The number of amides is 1. The topological polar surface area (TPSA) is 35.6 Å². The Bertz CT molecular complexity index is 322. The summed E-state index contributed by atoms with van der Waals surface area (Å²) in [6.07, 6.45) is 4.73. The number of carbonyl (C=O) groups is 1. The van der Waals surface area contributed by atoms with Crippen molar-refractivity contribution in [1.29, 1.82) is 0 Å². The van der Waals surface area contributed by atoms with Crippen molar-refractivity contribution in [3.05, 3.63) is 0 Å². The van der Waals surface area contributed by atoms with Gasteiger partial charge in [0.2, 0.25) is 5.91 Å². The molecule has 0 bridgehead atoms. The number of likely N-dealkylation sites (tertiary alicyclic amines) is 1. The minimum atomic E-state index is 0.0677. The molecule has 2 aliphatic heterocycles. The lowest BCUT2D eigenvalue weighted by Gasteiger charge is -2.38. The largest absolute Gasteiger partial charge is 0.341 e. The third kappa shape index (κ3) is 4.43. The highest BCUT2D eigenvalue weighted by molar-refractivity contribution is 5.82. The van der Waals surface area contributed by atoms with Gasteiger partial charge in [0.25, 0.3) is 0 Å². The maximum absolute atomic E-state index is 12.7. The van der Waals surface area contributed by atoms with Crippen LogP contribution < -0.4 is 5.32 Å². The van der Waals surface area contributed by atoms with E-state index in [0.717, 1.165) is 38.6 Å². The Morgan fingerprint density at radius 2 is 1.86 bits per heavy atom. The van der Waals surface area contributed by atoms with Gasteiger partial charge in [0.15, 0.2) is 0 Å². The van der Waals surface area contributed by atoms with Crippen LogP contribution in [0.1, 0.15) is 46.5 Å².